The molecular formula is C18H18N4O2. The number of hydrogen-bond donors (Lipinski definition) is 0. The topological polar surface area (TPSA) is 66.4 Å². The highest BCUT2D eigenvalue weighted by Gasteiger charge is 2.23. The molecule has 1 aliphatic heterocycles. The van der Waals surface area contributed by atoms with E-state index in [4.69, 9.17) is 0 Å². The van der Waals surface area contributed by atoms with Crippen molar-refractivity contribution in [3.63, 3.8) is 0 Å². The van der Waals surface area contributed by atoms with Crippen molar-refractivity contribution in [3.05, 3.63) is 72.3 Å². The van der Waals surface area contributed by atoms with Crippen LogP contribution in [0.5, 0.6) is 0 Å². The van der Waals surface area contributed by atoms with Crippen LogP contribution in [-0.2, 0) is 22.7 Å². The largest absolute Gasteiger partial charge is 0.290 e. The molecule has 1 aliphatic rings. The van der Waals surface area contributed by atoms with Crippen LogP contribution in [0.25, 0.3) is 0 Å². The maximum absolute atomic E-state index is 11.7. The van der Waals surface area contributed by atoms with Crippen molar-refractivity contribution in [3.8, 4) is 0 Å². The summed E-state index contributed by atoms with van der Waals surface area (Å²) in [5.74, 6) is -0.508. The van der Waals surface area contributed by atoms with Gasteiger partial charge in [-0.2, -0.15) is 0 Å². The second-order valence-corrected chi connectivity index (χ2v) is 5.51. The fraction of sp³-hybridized carbons (Fsp3) is 0.222. The number of rotatable bonds is 7. The summed E-state index contributed by atoms with van der Waals surface area (Å²) in [5.41, 5.74) is 1.87. The zero-order valence-electron chi connectivity index (χ0n) is 13.2. The summed E-state index contributed by atoms with van der Waals surface area (Å²) >= 11 is 0. The van der Waals surface area contributed by atoms with Crippen molar-refractivity contribution in [1.82, 2.24) is 19.8 Å². The van der Waals surface area contributed by atoms with Gasteiger partial charge < -0.3 is 0 Å². The van der Waals surface area contributed by atoms with Crippen LogP contribution in [0.3, 0.4) is 0 Å². The number of hydrogen-bond acceptors (Lipinski definition) is 5. The molecule has 0 radical (unpaired) electrons. The van der Waals surface area contributed by atoms with E-state index in [1.54, 1.807) is 12.4 Å². The average molecular weight is 322 g/mol. The standard InChI is InChI=1S/C18H18N4O2/c23-17-7-8-18(24)22(17)12-11-21(13-15-5-1-3-9-19-15)14-16-6-2-4-10-20-16/h1-10H,11-14H2. The lowest BCUT2D eigenvalue weighted by Crippen LogP contribution is -2.38. The highest BCUT2D eigenvalue weighted by atomic mass is 16.2. The van der Waals surface area contributed by atoms with E-state index in [0.717, 1.165) is 11.4 Å². The van der Waals surface area contributed by atoms with Crippen LogP contribution in [0, 0.1) is 0 Å². The molecule has 0 saturated carbocycles. The summed E-state index contributed by atoms with van der Waals surface area (Å²) in [6, 6.07) is 11.6. The van der Waals surface area contributed by atoms with Crippen molar-refractivity contribution in [1.29, 1.82) is 0 Å². The van der Waals surface area contributed by atoms with Crippen LogP contribution in [-0.4, -0.2) is 44.7 Å². The molecule has 0 saturated heterocycles. The maximum atomic E-state index is 11.7. The third-order valence-corrected chi connectivity index (χ3v) is 3.76. The van der Waals surface area contributed by atoms with Gasteiger partial charge in [-0.25, -0.2) is 0 Å². The lowest BCUT2D eigenvalue weighted by Gasteiger charge is -2.24. The molecule has 2 amide bonds. The van der Waals surface area contributed by atoms with E-state index in [-0.39, 0.29) is 11.8 Å². The monoisotopic (exact) mass is 322 g/mol. The Bertz CT molecular complexity index is 672. The van der Waals surface area contributed by atoms with Crippen molar-refractivity contribution >= 4 is 11.8 Å². The van der Waals surface area contributed by atoms with Gasteiger partial charge in [-0.15, -0.1) is 0 Å². The molecule has 6 heteroatoms. The second kappa shape index (κ2) is 7.61. The molecule has 0 spiro atoms. The molecule has 0 aliphatic carbocycles. The summed E-state index contributed by atoms with van der Waals surface area (Å²) in [7, 11) is 0. The highest BCUT2D eigenvalue weighted by molar-refractivity contribution is 6.12. The van der Waals surface area contributed by atoms with Crippen LogP contribution < -0.4 is 0 Å². The molecule has 0 fully saturated rings. The maximum Gasteiger partial charge on any atom is 0.253 e. The second-order valence-electron chi connectivity index (χ2n) is 5.51. The molecule has 24 heavy (non-hydrogen) atoms. The Morgan fingerprint density at radius 2 is 1.38 bits per heavy atom. The Morgan fingerprint density at radius 1 is 0.833 bits per heavy atom. The van der Waals surface area contributed by atoms with Crippen molar-refractivity contribution in [2.75, 3.05) is 13.1 Å². The van der Waals surface area contributed by atoms with Gasteiger partial charge in [0.1, 0.15) is 0 Å². The zero-order chi connectivity index (χ0) is 16.8. The summed E-state index contributed by atoms with van der Waals surface area (Å²) in [4.78, 5) is 35.5. The number of carbonyl (C=O) groups excluding carboxylic acids is 2. The van der Waals surface area contributed by atoms with E-state index in [1.807, 2.05) is 36.4 Å². The molecule has 0 N–H and O–H groups in total. The van der Waals surface area contributed by atoms with Crippen LogP contribution in [0.4, 0.5) is 0 Å². The first-order valence-electron chi connectivity index (χ1n) is 7.78. The normalized spacial score (nSPS) is 14.0. The van der Waals surface area contributed by atoms with Gasteiger partial charge in [0.05, 0.1) is 11.4 Å². The molecule has 2 aromatic heterocycles. The lowest BCUT2D eigenvalue weighted by molar-refractivity contribution is -0.137. The molecule has 0 bridgehead atoms. The third kappa shape index (κ3) is 4.11. The van der Waals surface area contributed by atoms with Gasteiger partial charge in [0.15, 0.2) is 0 Å². The summed E-state index contributed by atoms with van der Waals surface area (Å²) in [5, 5.41) is 0. The Morgan fingerprint density at radius 3 is 1.83 bits per heavy atom. The molecule has 0 atom stereocenters. The van der Waals surface area contributed by atoms with E-state index >= 15 is 0 Å². The molecule has 2 aromatic rings. The highest BCUT2D eigenvalue weighted by Crippen LogP contribution is 2.09. The average Bonchev–Trinajstić information content (AvgIpc) is 2.93. The van der Waals surface area contributed by atoms with Gasteiger partial charge in [-0.05, 0) is 24.3 Å². The third-order valence-electron chi connectivity index (χ3n) is 3.76. The zero-order valence-corrected chi connectivity index (χ0v) is 13.2. The summed E-state index contributed by atoms with van der Waals surface area (Å²) in [6.45, 7) is 2.17. The predicted octanol–water partition coefficient (Wildman–Crippen LogP) is 1.40. The first kappa shape index (κ1) is 16.0. The van der Waals surface area contributed by atoms with Crippen LogP contribution in [0.15, 0.2) is 60.9 Å². The van der Waals surface area contributed by atoms with Gasteiger partial charge in [0, 0.05) is 50.7 Å². The minimum absolute atomic E-state index is 0.254. The first-order chi connectivity index (χ1) is 11.7. The van der Waals surface area contributed by atoms with Gasteiger partial charge in [-0.1, -0.05) is 12.1 Å². The number of carbonyl (C=O) groups is 2. The molecule has 6 nitrogen and oxygen atoms in total. The molecule has 3 heterocycles. The molecule has 122 valence electrons. The quantitative estimate of drug-likeness (QED) is 0.721. The number of pyridine rings is 2. The van der Waals surface area contributed by atoms with Crippen LogP contribution >= 0.6 is 0 Å². The molecule has 0 aromatic carbocycles. The molecule has 3 rings (SSSR count). The van der Waals surface area contributed by atoms with E-state index in [2.05, 4.69) is 14.9 Å². The summed E-state index contributed by atoms with van der Waals surface area (Å²) < 4.78 is 0. The molecular weight excluding hydrogens is 304 g/mol. The van der Waals surface area contributed by atoms with Crippen molar-refractivity contribution in [2.45, 2.75) is 13.1 Å². The van der Waals surface area contributed by atoms with Gasteiger partial charge >= 0.3 is 0 Å². The van der Waals surface area contributed by atoms with Crippen LogP contribution in [0.2, 0.25) is 0 Å². The number of nitrogens with zero attached hydrogens (tertiary/aromatic N) is 4. The van der Waals surface area contributed by atoms with E-state index in [0.29, 0.717) is 26.2 Å². The molecule has 0 unspecified atom stereocenters. The van der Waals surface area contributed by atoms with Crippen molar-refractivity contribution in [2.24, 2.45) is 0 Å². The summed E-state index contributed by atoms with van der Waals surface area (Å²) in [6.07, 6.45) is 6.13. The Hall–Kier alpha value is -2.86. The van der Waals surface area contributed by atoms with Gasteiger partial charge in [0.2, 0.25) is 0 Å². The Balaban J connectivity index is 1.67. The minimum Gasteiger partial charge on any atom is -0.290 e. The van der Waals surface area contributed by atoms with Gasteiger partial charge in [0.25, 0.3) is 11.8 Å². The SMILES string of the molecule is O=C1C=CC(=O)N1CCN(Cc1ccccn1)Cc1ccccn1. The van der Waals surface area contributed by atoms with Crippen molar-refractivity contribution < 1.29 is 9.59 Å². The van der Waals surface area contributed by atoms with E-state index < -0.39 is 0 Å². The van der Waals surface area contributed by atoms with Crippen LogP contribution in [0.1, 0.15) is 11.4 Å². The Kier molecular flexibility index (Phi) is 5.08. The fourth-order valence-corrected chi connectivity index (χ4v) is 2.55. The lowest BCUT2D eigenvalue weighted by atomic mass is 10.3. The number of imide groups is 1. The predicted molar refractivity (Wildman–Crippen MR) is 88.4 cm³/mol. The Labute approximate surface area is 140 Å². The van der Waals surface area contributed by atoms with E-state index in [9.17, 15) is 9.59 Å². The van der Waals surface area contributed by atoms with Gasteiger partial charge in [-0.3, -0.25) is 29.4 Å². The first-order valence-corrected chi connectivity index (χ1v) is 7.78. The van der Waals surface area contributed by atoms with E-state index in [1.165, 1.54) is 17.1 Å². The fourth-order valence-electron chi connectivity index (χ4n) is 2.55. The minimum atomic E-state index is -0.254. The smallest absolute Gasteiger partial charge is 0.253 e. The number of amides is 2. The number of aromatic nitrogens is 2.